The lowest BCUT2D eigenvalue weighted by Crippen LogP contribution is -2.33. The Bertz CT molecular complexity index is 1100. The number of amides is 1. The fraction of sp³-hybridized carbons (Fsp3) is 0.125. The molecule has 0 saturated carbocycles. The molecule has 3 N–H and O–H groups in total. The van der Waals surface area contributed by atoms with Gasteiger partial charge >= 0.3 is 0 Å². The molecular formula is C16H16N6O4S. The van der Waals surface area contributed by atoms with Crippen LogP contribution in [0.2, 0.25) is 0 Å². The number of primary sulfonamides is 1. The van der Waals surface area contributed by atoms with Gasteiger partial charge in [-0.2, -0.15) is 5.10 Å². The molecule has 0 atom stereocenters. The first-order valence-corrected chi connectivity index (χ1v) is 9.34. The van der Waals surface area contributed by atoms with Crippen molar-refractivity contribution in [2.75, 3.05) is 0 Å². The van der Waals surface area contributed by atoms with Crippen LogP contribution in [0.4, 0.5) is 0 Å². The van der Waals surface area contributed by atoms with Gasteiger partial charge in [-0.05, 0) is 29.8 Å². The standard InChI is InChI=1S/C16H16N6O4S/c17-27(25,26)13-4-2-12(3-5-13)10-18-15(23)11-22-16(24)7-6-14(20-22)21-9-1-8-19-21/h1-9H,10-11H2,(H,18,23)(H2,17,25,26). The zero-order valence-corrected chi connectivity index (χ0v) is 14.8. The highest BCUT2D eigenvalue weighted by Crippen LogP contribution is 2.08. The van der Waals surface area contributed by atoms with Crippen molar-refractivity contribution in [2.24, 2.45) is 5.14 Å². The average Bonchev–Trinajstić information content (AvgIpc) is 3.16. The van der Waals surface area contributed by atoms with Crippen LogP contribution in [0.1, 0.15) is 5.56 Å². The van der Waals surface area contributed by atoms with E-state index in [-0.39, 0.29) is 18.0 Å². The summed E-state index contributed by atoms with van der Waals surface area (Å²) in [6.07, 6.45) is 3.24. The summed E-state index contributed by atoms with van der Waals surface area (Å²) in [6.45, 7) is -0.0967. The van der Waals surface area contributed by atoms with Gasteiger partial charge in [0.15, 0.2) is 5.82 Å². The van der Waals surface area contributed by atoms with E-state index in [0.717, 1.165) is 4.68 Å². The molecule has 0 fully saturated rings. The number of benzene rings is 1. The largest absolute Gasteiger partial charge is 0.350 e. The van der Waals surface area contributed by atoms with Crippen molar-refractivity contribution in [3.63, 3.8) is 0 Å². The maximum Gasteiger partial charge on any atom is 0.267 e. The minimum atomic E-state index is -3.76. The van der Waals surface area contributed by atoms with E-state index in [2.05, 4.69) is 15.5 Å². The van der Waals surface area contributed by atoms with E-state index < -0.39 is 21.5 Å². The molecule has 1 amide bonds. The zero-order chi connectivity index (χ0) is 19.4. The molecule has 3 rings (SSSR count). The van der Waals surface area contributed by atoms with E-state index >= 15 is 0 Å². The predicted octanol–water partition coefficient (Wildman–Crippen LogP) is -0.607. The molecule has 2 aromatic heterocycles. The molecule has 27 heavy (non-hydrogen) atoms. The summed E-state index contributed by atoms with van der Waals surface area (Å²) < 4.78 is 25.0. The average molecular weight is 388 g/mol. The van der Waals surface area contributed by atoms with Crippen molar-refractivity contribution in [2.45, 2.75) is 18.0 Å². The molecule has 0 aliphatic rings. The maximum atomic E-state index is 12.1. The van der Waals surface area contributed by atoms with Crippen LogP contribution in [0.15, 0.2) is 64.5 Å². The molecule has 10 nitrogen and oxygen atoms in total. The fourth-order valence-corrected chi connectivity index (χ4v) is 2.78. The van der Waals surface area contributed by atoms with Crippen LogP contribution in [0, 0.1) is 0 Å². The number of carbonyl (C=O) groups excluding carboxylic acids is 1. The van der Waals surface area contributed by atoms with E-state index in [1.165, 1.54) is 28.9 Å². The third kappa shape index (κ3) is 4.65. The summed E-state index contributed by atoms with van der Waals surface area (Å²) in [5.74, 6) is -0.0104. The SMILES string of the molecule is NS(=O)(=O)c1ccc(CNC(=O)Cn2nc(-n3cccn3)ccc2=O)cc1. The van der Waals surface area contributed by atoms with Crippen LogP contribution >= 0.6 is 0 Å². The Balaban J connectivity index is 1.64. The Labute approximate surface area is 154 Å². The molecule has 0 aliphatic carbocycles. The normalized spacial score (nSPS) is 11.3. The van der Waals surface area contributed by atoms with Crippen LogP contribution in [0.25, 0.3) is 5.82 Å². The maximum absolute atomic E-state index is 12.1. The quantitative estimate of drug-likeness (QED) is 0.577. The van der Waals surface area contributed by atoms with Gasteiger partial charge in [-0.3, -0.25) is 9.59 Å². The molecule has 140 valence electrons. The first kappa shape index (κ1) is 18.5. The zero-order valence-electron chi connectivity index (χ0n) is 14.0. The van der Waals surface area contributed by atoms with Crippen molar-refractivity contribution in [3.05, 3.63) is 70.8 Å². The number of nitrogens with one attached hydrogen (secondary N) is 1. The number of carbonyl (C=O) groups is 1. The number of nitrogens with zero attached hydrogens (tertiary/aromatic N) is 4. The summed E-state index contributed by atoms with van der Waals surface area (Å²) in [4.78, 5) is 24.0. The topological polar surface area (TPSA) is 142 Å². The van der Waals surface area contributed by atoms with Crippen LogP contribution < -0.4 is 16.0 Å². The Morgan fingerprint density at radius 1 is 1.15 bits per heavy atom. The van der Waals surface area contributed by atoms with E-state index in [0.29, 0.717) is 11.4 Å². The summed E-state index contributed by atoms with van der Waals surface area (Å²) in [6, 6.07) is 10.3. The Morgan fingerprint density at radius 3 is 2.52 bits per heavy atom. The molecule has 1 aromatic carbocycles. The second-order valence-electron chi connectivity index (χ2n) is 5.60. The molecule has 0 saturated heterocycles. The Kier molecular flexibility index (Phi) is 5.14. The monoisotopic (exact) mass is 388 g/mol. The summed E-state index contributed by atoms with van der Waals surface area (Å²) in [5, 5.41) is 15.8. The minimum Gasteiger partial charge on any atom is -0.350 e. The second kappa shape index (κ2) is 7.51. The van der Waals surface area contributed by atoms with Crippen LogP contribution in [0.5, 0.6) is 0 Å². The number of rotatable bonds is 6. The van der Waals surface area contributed by atoms with E-state index in [1.807, 2.05) is 0 Å². The lowest BCUT2D eigenvalue weighted by Gasteiger charge is -2.08. The number of aromatic nitrogens is 4. The van der Waals surface area contributed by atoms with Crippen molar-refractivity contribution in [1.29, 1.82) is 0 Å². The minimum absolute atomic E-state index is 0.0104. The third-order valence-electron chi connectivity index (χ3n) is 3.63. The first-order chi connectivity index (χ1) is 12.8. The van der Waals surface area contributed by atoms with Crippen molar-refractivity contribution < 1.29 is 13.2 Å². The molecule has 0 bridgehead atoms. The molecule has 2 heterocycles. The number of hydrogen-bond acceptors (Lipinski definition) is 6. The third-order valence-corrected chi connectivity index (χ3v) is 4.56. The van der Waals surface area contributed by atoms with Gasteiger partial charge in [0.1, 0.15) is 6.54 Å². The van der Waals surface area contributed by atoms with Gasteiger partial charge < -0.3 is 5.32 Å². The molecule has 3 aromatic rings. The number of sulfonamides is 1. The Hall–Kier alpha value is -3.31. The van der Waals surface area contributed by atoms with E-state index in [4.69, 9.17) is 5.14 Å². The highest BCUT2D eigenvalue weighted by Gasteiger charge is 2.09. The van der Waals surface area contributed by atoms with Crippen molar-refractivity contribution >= 4 is 15.9 Å². The number of hydrogen-bond donors (Lipinski definition) is 2. The summed E-state index contributed by atoms with van der Waals surface area (Å²) >= 11 is 0. The van der Waals surface area contributed by atoms with Crippen molar-refractivity contribution in [3.8, 4) is 5.82 Å². The smallest absolute Gasteiger partial charge is 0.267 e. The highest BCUT2D eigenvalue weighted by molar-refractivity contribution is 7.89. The summed E-state index contributed by atoms with van der Waals surface area (Å²) in [5.41, 5.74) is 0.264. The van der Waals surface area contributed by atoms with Crippen molar-refractivity contribution in [1.82, 2.24) is 24.9 Å². The van der Waals surface area contributed by atoms with E-state index in [9.17, 15) is 18.0 Å². The van der Waals surface area contributed by atoms with Gasteiger partial charge in [0, 0.05) is 25.0 Å². The fourth-order valence-electron chi connectivity index (χ4n) is 2.27. The van der Waals surface area contributed by atoms with Crippen LogP contribution in [-0.2, 0) is 27.9 Å². The Morgan fingerprint density at radius 2 is 1.89 bits per heavy atom. The van der Waals surface area contributed by atoms with Crippen LogP contribution in [0.3, 0.4) is 0 Å². The first-order valence-electron chi connectivity index (χ1n) is 7.79. The lowest BCUT2D eigenvalue weighted by molar-refractivity contribution is -0.122. The number of nitrogens with two attached hydrogens (primary N) is 1. The summed E-state index contributed by atoms with van der Waals surface area (Å²) in [7, 11) is -3.76. The van der Waals surface area contributed by atoms with Crippen LogP contribution in [-0.4, -0.2) is 33.9 Å². The molecule has 0 unspecified atom stereocenters. The van der Waals surface area contributed by atoms with Gasteiger partial charge in [-0.1, -0.05) is 12.1 Å². The van der Waals surface area contributed by atoms with Gasteiger partial charge in [0.2, 0.25) is 15.9 Å². The highest BCUT2D eigenvalue weighted by atomic mass is 32.2. The molecule has 0 spiro atoms. The molecule has 0 aliphatic heterocycles. The molecular weight excluding hydrogens is 372 g/mol. The van der Waals surface area contributed by atoms with Gasteiger partial charge in [0.05, 0.1) is 4.90 Å². The molecule has 11 heteroatoms. The van der Waals surface area contributed by atoms with Gasteiger partial charge in [0.25, 0.3) is 5.56 Å². The molecule has 0 radical (unpaired) electrons. The van der Waals surface area contributed by atoms with Gasteiger partial charge in [-0.25, -0.2) is 22.9 Å². The second-order valence-corrected chi connectivity index (χ2v) is 7.17. The van der Waals surface area contributed by atoms with Gasteiger partial charge in [-0.15, -0.1) is 5.10 Å². The van der Waals surface area contributed by atoms with E-state index in [1.54, 1.807) is 30.6 Å². The lowest BCUT2D eigenvalue weighted by atomic mass is 10.2. The predicted molar refractivity (Wildman–Crippen MR) is 95.3 cm³/mol.